The van der Waals surface area contributed by atoms with Crippen molar-refractivity contribution < 1.29 is 9.90 Å². The molecule has 0 amide bonds. The lowest BCUT2D eigenvalue weighted by atomic mass is 10.0. The van der Waals surface area contributed by atoms with Crippen LogP contribution in [0.2, 0.25) is 15.1 Å². The van der Waals surface area contributed by atoms with E-state index >= 15 is 0 Å². The van der Waals surface area contributed by atoms with Gasteiger partial charge in [-0.1, -0.05) is 40.9 Å². The number of nitrogens with zero attached hydrogens (tertiary/aromatic N) is 2. The van der Waals surface area contributed by atoms with E-state index in [0.29, 0.717) is 15.7 Å². The SMILES string of the molecule is Cc1nn(-c2ccc(Cl)c(C(=O)O)c2)c(C)c1-c1ccc(Cl)c(Cl)c1. The van der Waals surface area contributed by atoms with E-state index in [1.54, 1.807) is 28.9 Å². The average Bonchev–Trinajstić information content (AvgIpc) is 2.85. The number of aromatic carboxylic acids is 1. The molecule has 1 heterocycles. The van der Waals surface area contributed by atoms with Gasteiger partial charge in [-0.3, -0.25) is 0 Å². The minimum absolute atomic E-state index is 0.0304. The standard InChI is InChI=1S/C18H13Cl3N2O2/c1-9-17(11-3-5-15(20)16(21)7-11)10(2)23(22-9)12-4-6-14(19)13(8-12)18(24)25/h3-8H,1-2H3,(H,24,25). The number of hydrogen-bond donors (Lipinski definition) is 1. The zero-order valence-corrected chi connectivity index (χ0v) is 15.6. The van der Waals surface area contributed by atoms with Crippen LogP contribution < -0.4 is 0 Å². The Morgan fingerprint density at radius 1 is 1.00 bits per heavy atom. The van der Waals surface area contributed by atoms with E-state index in [0.717, 1.165) is 22.5 Å². The monoisotopic (exact) mass is 394 g/mol. The number of aryl methyl sites for hydroxylation is 1. The molecule has 7 heteroatoms. The third-order valence-corrected chi connectivity index (χ3v) is 4.99. The van der Waals surface area contributed by atoms with Gasteiger partial charge in [-0.05, 0) is 49.7 Å². The number of carboxylic acid groups (broad SMARTS) is 1. The van der Waals surface area contributed by atoms with Crippen LogP contribution in [-0.4, -0.2) is 20.9 Å². The number of carboxylic acids is 1. The molecule has 0 aliphatic heterocycles. The van der Waals surface area contributed by atoms with Crippen LogP contribution in [0, 0.1) is 13.8 Å². The van der Waals surface area contributed by atoms with E-state index in [1.807, 2.05) is 19.9 Å². The van der Waals surface area contributed by atoms with Gasteiger partial charge < -0.3 is 5.11 Å². The Balaban J connectivity index is 2.16. The zero-order valence-electron chi connectivity index (χ0n) is 13.3. The van der Waals surface area contributed by atoms with Gasteiger partial charge in [-0.25, -0.2) is 9.48 Å². The van der Waals surface area contributed by atoms with E-state index in [2.05, 4.69) is 5.10 Å². The Morgan fingerprint density at radius 2 is 1.68 bits per heavy atom. The molecule has 0 aliphatic rings. The molecule has 0 radical (unpaired) electrons. The van der Waals surface area contributed by atoms with Gasteiger partial charge in [0.25, 0.3) is 0 Å². The molecule has 3 rings (SSSR count). The quantitative estimate of drug-likeness (QED) is 0.608. The van der Waals surface area contributed by atoms with Gasteiger partial charge in [-0.15, -0.1) is 0 Å². The van der Waals surface area contributed by atoms with E-state index in [4.69, 9.17) is 34.8 Å². The molecule has 2 aromatic carbocycles. The summed E-state index contributed by atoms with van der Waals surface area (Å²) in [5, 5.41) is 14.9. The Kier molecular flexibility index (Phi) is 4.78. The highest BCUT2D eigenvalue weighted by molar-refractivity contribution is 6.42. The maximum atomic E-state index is 11.3. The predicted octanol–water partition coefficient (Wildman–Crippen LogP) is 5.81. The molecule has 3 aromatic rings. The van der Waals surface area contributed by atoms with Crippen molar-refractivity contribution in [2.45, 2.75) is 13.8 Å². The topological polar surface area (TPSA) is 55.1 Å². The highest BCUT2D eigenvalue weighted by Crippen LogP contribution is 2.33. The molecule has 1 aromatic heterocycles. The van der Waals surface area contributed by atoms with Crippen molar-refractivity contribution in [1.29, 1.82) is 0 Å². The molecular formula is C18H13Cl3N2O2. The van der Waals surface area contributed by atoms with Gasteiger partial charge >= 0.3 is 5.97 Å². The first-order chi connectivity index (χ1) is 11.8. The van der Waals surface area contributed by atoms with E-state index in [-0.39, 0.29) is 10.6 Å². The molecule has 0 saturated heterocycles. The van der Waals surface area contributed by atoms with E-state index in [9.17, 15) is 9.90 Å². The zero-order chi connectivity index (χ0) is 18.3. The Labute approximate surface area is 159 Å². The van der Waals surface area contributed by atoms with Gasteiger partial charge in [0.2, 0.25) is 0 Å². The second-order valence-electron chi connectivity index (χ2n) is 5.56. The summed E-state index contributed by atoms with van der Waals surface area (Å²) in [7, 11) is 0. The Bertz CT molecular complexity index is 996. The molecule has 128 valence electrons. The molecular weight excluding hydrogens is 383 g/mol. The van der Waals surface area contributed by atoms with Gasteiger partial charge in [0, 0.05) is 11.3 Å². The van der Waals surface area contributed by atoms with Crippen molar-refractivity contribution in [3.8, 4) is 16.8 Å². The fourth-order valence-electron chi connectivity index (χ4n) is 2.77. The van der Waals surface area contributed by atoms with Crippen molar-refractivity contribution in [3.63, 3.8) is 0 Å². The smallest absolute Gasteiger partial charge is 0.337 e. The van der Waals surface area contributed by atoms with Crippen LogP contribution in [0.15, 0.2) is 36.4 Å². The minimum atomic E-state index is -1.09. The summed E-state index contributed by atoms with van der Waals surface area (Å²) in [5.74, 6) is -1.09. The number of benzene rings is 2. The molecule has 4 nitrogen and oxygen atoms in total. The predicted molar refractivity (Wildman–Crippen MR) is 100 cm³/mol. The van der Waals surface area contributed by atoms with Crippen LogP contribution in [0.5, 0.6) is 0 Å². The third kappa shape index (κ3) is 3.25. The van der Waals surface area contributed by atoms with Crippen molar-refractivity contribution >= 4 is 40.8 Å². The molecule has 0 fully saturated rings. The largest absolute Gasteiger partial charge is 0.478 e. The van der Waals surface area contributed by atoms with Crippen LogP contribution in [0.4, 0.5) is 0 Å². The summed E-state index contributed by atoms with van der Waals surface area (Å²) in [6, 6.07) is 10.2. The summed E-state index contributed by atoms with van der Waals surface area (Å²) < 4.78 is 1.69. The average molecular weight is 396 g/mol. The van der Waals surface area contributed by atoms with Gasteiger partial charge in [0.15, 0.2) is 0 Å². The molecule has 0 bridgehead atoms. The summed E-state index contributed by atoms with van der Waals surface area (Å²) in [5.41, 5.74) is 4.11. The molecule has 0 saturated carbocycles. The molecule has 1 N–H and O–H groups in total. The van der Waals surface area contributed by atoms with Gasteiger partial charge in [-0.2, -0.15) is 5.10 Å². The summed E-state index contributed by atoms with van der Waals surface area (Å²) >= 11 is 18.1. The number of hydrogen-bond acceptors (Lipinski definition) is 2. The fourth-order valence-corrected chi connectivity index (χ4v) is 3.27. The number of rotatable bonds is 3. The van der Waals surface area contributed by atoms with Gasteiger partial charge in [0.05, 0.1) is 32.0 Å². The number of aromatic nitrogens is 2. The third-order valence-electron chi connectivity index (χ3n) is 3.92. The second-order valence-corrected chi connectivity index (χ2v) is 6.78. The lowest BCUT2D eigenvalue weighted by molar-refractivity contribution is 0.0697. The molecule has 0 atom stereocenters. The first kappa shape index (κ1) is 17.8. The first-order valence-corrected chi connectivity index (χ1v) is 8.48. The van der Waals surface area contributed by atoms with Crippen LogP contribution in [0.1, 0.15) is 21.7 Å². The molecule has 0 spiro atoms. The van der Waals surface area contributed by atoms with Crippen molar-refractivity contribution in [1.82, 2.24) is 9.78 Å². The van der Waals surface area contributed by atoms with Crippen LogP contribution in [0.25, 0.3) is 16.8 Å². The Morgan fingerprint density at radius 3 is 2.32 bits per heavy atom. The van der Waals surface area contributed by atoms with Gasteiger partial charge in [0.1, 0.15) is 0 Å². The van der Waals surface area contributed by atoms with Crippen molar-refractivity contribution in [2.24, 2.45) is 0 Å². The number of carbonyl (C=O) groups is 1. The highest BCUT2D eigenvalue weighted by atomic mass is 35.5. The highest BCUT2D eigenvalue weighted by Gasteiger charge is 2.17. The molecule has 25 heavy (non-hydrogen) atoms. The summed E-state index contributed by atoms with van der Waals surface area (Å²) in [6.45, 7) is 3.79. The first-order valence-electron chi connectivity index (χ1n) is 7.34. The summed E-state index contributed by atoms with van der Waals surface area (Å²) in [6.07, 6.45) is 0. The normalized spacial score (nSPS) is 10.9. The van der Waals surface area contributed by atoms with Crippen LogP contribution >= 0.6 is 34.8 Å². The lowest BCUT2D eigenvalue weighted by Crippen LogP contribution is -2.03. The maximum Gasteiger partial charge on any atom is 0.337 e. The lowest BCUT2D eigenvalue weighted by Gasteiger charge is -2.08. The minimum Gasteiger partial charge on any atom is -0.478 e. The fraction of sp³-hybridized carbons (Fsp3) is 0.111. The van der Waals surface area contributed by atoms with Crippen LogP contribution in [-0.2, 0) is 0 Å². The second kappa shape index (κ2) is 6.71. The Hall–Kier alpha value is -2.01. The van der Waals surface area contributed by atoms with Crippen molar-refractivity contribution in [3.05, 3.63) is 68.4 Å². The molecule has 0 unspecified atom stereocenters. The number of halogens is 3. The molecule has 0 aliphatic carbocycles. The van der Waals surface area contributed by atoms with E-state index in [1.165, 1.54) is 6.07 Å². The van der Waals surface area contributed by atoms with Crippen molar-refractivity contribution in [2.75, 3.05) is 0 Å². The summed E-state index contributed by atoms with van der Waals surface area (Å²) in [4.78, 5) is 11.3. The van der Waals surface area contributed by atoms with Crippen LogP contribution in [0.3, 0.4) is 0 Å². The van der Waals surface area contributed by atoms with E-state index < -0.39 is 5.97 Å². The maximum absolute atomic E-state index is 11.3.